The van der Waals surface area contributed by atoms with Crippen molar-refractivity contribution in [2.45, 2.75) is 398 Å². The summed E-state index contributed by atoms with van der Waals surface area (Å²) in [5.74, 6) is -0.0218. The third-order valence-electron chi connectivity index (χ3n) is 16.4. The molecule has 0 fully saturated rings. The zero-order valence-electron chi connectivity index (χ0n) is 52.7. The lowest BCUT2D eigenvalue weighted by Gasteiger charge is -2.22. The molecule has 0 spiro atoms. The summed E-state index contributed by atoms with van der Waals surface area (Å²) in [4.78, 5) is 24.6. The molecule has 2 atom stereocenters. The van der Waals surface area contributed by atoms with Gasteiger partial charge >= 0.3 is 5.97 Å². The Labute approximate surface area is 487 Å². The van der Waals surface area contributed by atoms with Crippen molar-refractivity contribution in [2.24, 2.45) is 0 Å². The Bertz CT molecular complexity index is 1260. The molecule has 0 aromatic heterocycles. The number of hydrogen-bond donors (Lipinski definition) is 3. The molecule has 0 aliphatic heterocycles. The highest BCUT2D eigenvalue weighted by Crippen LogP contribution is 2.18. The van der Waals surface area contributed by atoms with Gasteiger partial charge in [0.25, 0.3) is 0 Å². The summed E-state index contributed by atoms with van der Waals surface area (Å²) in [6.45, 7) is 4.96. The van der Waals surface area contributed by atoms with E-state index in [4.69, 9.17) is 4.74 Å². The van der Waals surface area contributed by atoms with Crippen LogP contribution >= 0.6 is 0 Å². The van der Waals surface area contributed by atoms with Crippen molar-refractivity contribution >= 4 is 11.9 Å². The summed E-state index contributed by atoms with van der Waals surface area (Å²) in [6.07, 6.45) is 86.2. The van der Waals surface area contributed by atoms with E-state index in [0.29, 0.717) is 25.9 Å². The van der Waals surface area contributed by atoms with Crippen LogP contribution in [0.15, 0.2) is 36.5 Å². The Morgan fingerprint density at radius 1 is 0.359 bits per heavy atom. The van der Waals surface area contributed by atoms with E-state index in [2.05, 4.69) is 55.6 Å². The third-order valence-corrected chi connectivity index (χ3v) is 16.4. The number of carbonyl (C=O) groups excluding carboxylic acids is 2. The predicted molar refractivity (Wildman–Crippen MR) is 343 cm³/mol. The number of carbonyl (C=O) groups is 2. The molecule has 0 aliphatic rings. The Morgan fingerprint density at radius 3 is 1.00 bits per heavy atom. The van der Waals surface area contributed by atoms with Crippen LogP contribution in [0.25, 0.3) is 0 Å². The first-order valence-corrected chi connectivity index (χ1v) is 35.2. The molecule has 0 rings (SSSR count). The minimum absolute atomic E-state index is 0.0101. The number of aliphatic hydroxyl groups is 2. The zero-order valence-corrected chi connectivity index (χ0v) is 52.7. The molecular weight excluding hydrogens is 959 g/mol. The van der Waals surface area contributed by atoms with E-state index in [0.717, 1.165) is 51.4 Å². The monoisotopic (exact) mass is 1100 g/mol. The number of ether oxygens (including phenoxy) is 1. The first-order chi connectivity index (χ1) is 38.5. The molecular formula is C72H137NO5. The maximum absolute atomic E-state index is 12.5. The van der Waals surface area contributed by atoms with E-state index in [-0.39, 0.29) is 18.5 Å². The van der Waals surface area contributed by atoms with E-state index >= 15 is 0 Å². The summed E-state index contributed by atoms with van der Waals surface area (Å²) in [5.41, 5.74) is 0. The van der Waals surface area contributed by atoms with Crippen LogP contribution in [0.3, 0.4) is 0 Å². The van der Waals surface area contributed by atoms with Gasteiger partial charge in [-0.05, 0) is 83.5 Å². The van der Waals surface area contributed by atoms with Crippen LogP contribution in [-0.4, -0.2) is 47.4 Å². The molecule has 0 bridgehead atoms. The standard InChI is InChI=1S/C72H137NO5/c1-3-5-7-9-11-13-15-17-18-19-35-38-42-46-50-54-58-62-66-72(77)78-67-63-59-55-51-47-43-39-36-33-31-29-27-25-23-21-20-22-24-26-28-30-32-34-37-41-45-49-53-57-61-65-71(76)73-69(68-74)70(75)64-60-56-52-48-44-40-16-14-12-10-8-6-4-2/h13,15,18-19,21,23,69-70,74-75H,3-12,14,16-17,20,22,24-68H2,1-2H3,(H,73,76)/b15-13-,19-18-,23-21-. The van der Waals surface area contributed by atoms with E-state index in [1.54, 1.807) is 0 Å². The average molecular weight is 1100 g/mol. The maximum atomic E-state index is 12.5. The number of allylic oxidation sites excluding steroid dienone is 6. The van der Waals surface area contributed by atoms with Gasteiger partial charge in [0.05, 0.1) is 25.4 Å². The largest absolute Gasteiger partial charge is 0.466 e. The Morgan fingerprint density at radius 2 is 0.641 bits per heavy atom. The van der Waals surface area contributed by atoms with E-state index in [1.165, 1.54) is 302 Å². The second-order valence-corrected chi connectivity index (χ2v) is 24.2. The molecule has 0 saturated carbocycles. The van der Waals surface area contributed by atoms with Crippen molar-refractivity contribution in [3.05, 3.63) is 36.5 Å². The number of hydrogen-bond acceptors (Lipinski definition) is 5. The number of unbranched alkanes of at least 4 members (excludes halogenated alkanes) is 49. The molecule has 2 unspecified atom stereocenters. The number of amides is 1. The Hall–Kier alpha value is -1.92. The van der Waals surface area contributed by atoms with Crippen molar-refractivity contribution in [1.29, 1.82) is 0 Å². The highest BCUT2D eigenvalue weighted by Gasteiger charge is 2.20. The van der Waals surface area contributed by atoms with Crippen LogP contribution in [0, 0.1) is 0 Å². The summed E-state index contributed by atoms with van der Waals surface area (Å²) >= 11 is 0. The molecule has 460 valence electrons. The second-order valence-electron chi connectivity index (χ2n) is 24.2. The first-order valence-electron chi connectivity index (χ1n) is 35.2. The zero-order chi connectivity index (χ0) is 56.4. The van der Waals surface area contributed by atoms with Crippen LogP contribution in [0.4, 0.5) is 0 Å². The molecule has 0 aromatic carbocycles. The van der Waals surface area contributed by atoms with Crippen molar-refractivity contribution < 1.29 is 24.5 Å². The van der Waals surface area contributed by atoms with Crippen LogP contribution in [-0.2, 0) is 14.3 Å². The third kappa shape index (κ3) is 63.3. The van der Waals surface area contributed by atoms with Crippen molar-refractivity contribution in [3.8, 4) is 0 Å². The molecule has 0 radical (unpaired) electrons. The second kappa shape index (κ2) is 67.6. The smallest absolute Gasteiger partial charge is 0.305 e. The topological polar surface area (TPSA) is 95.9 Å². The highest BCUT2D eigenvalue weighted by molar-refractivity contribution is 5.76. The lowest BCUT2D eigenvalue weighted by molar-refractivity contribution is -0.143. The summed E-state index contributed by atoms with van der Waals surface area (Å²) in [7, 11) is 0. The lowest BCUT2D eigenvalue weighted by Crippen LogP contribution is -2.45. The van der Waals surface area contributed by atoms with Gasteiger partial charge < -0.3 is 20.3 Å². The van der Waals surface area contributed by atoms with Gasteiger partial charge in [0.2, 0.25) is 5.91 Å². The number of nitrogens with one attached hydrogen (secondary N) is 1. The van der Waals surface area contributed by atoms with Crippen molar-refractivity contribution in [3.63, 3.8) is 0 Å². The van der Waals surface area contributed by atoms with Gasteiger partial charge in [0, 0.05) is 12.8 Å². The molecule has 1 amide bonds. The number of rotatable bonds is 66. The predicted octanol–water partition coefficient (Wildman–Crippen LogP) is 22.7. The maximum Gasteiger partial charge on any atom is 0.305 e. The van der Waals surface area contributed by atoms with Gasteiger partial charge in [-0.15, -0.1) is 0 Å². The molecule has 3 N–H and O–H groups in total. The number of aliphatic hydroxyl groups excluding tert-OH is 2. The lowest BCUT2D eigenvalue weighted by atomic mass is 10.0. The van der Waals surface area contributed by atoms with Crippen LogP contribution < -0.4 is 5.32 Å². The van der Waals surface area contributed by atoms with Gasteiger partial charge in [-0.2, -0.15) is 0 Å². The fraction of sp³-hybridized carbons (Fsp3) is 0.889. The summed E-state index contributed by atoms with van der Waals surface area (Å²) in [5, 5.41) is 23.3. The van der Waals surface area contributed by atoms with Crippen LogP contribution in [0.2, 0.25) is 0 Å². The van der Waals surface area contributed by atoms with E-state index in [9.17, 15) is 19.8 Å². The Kier molecular flexibility index (Phi) is 65.9. The minimum Gasteiger partial charge on any atom is -0.466 e. The molecule has 78 heavy (non-hydrogen) atoms. The quantitative estimate of drug-likeness (QED) is 0.0320. The molecule has 0 aliphatic carbocycles. The normalized spacial score (nSPS) is 12.7. The minimum atomic E-state index is -0.662. The SMILES string of the molecule is CCCCCC/C=C\C/C=C\CCCCCCCCCC(=O)OCCCCCCCCCCCCCC/C=C\CCCCCCCCCCCCCCCCC(=O)NC(CO)C(O)CCCCCCCCCCCCCCC. The molecule has 6 heteroatoms. The van der Waals surface area contributed by atoms with Gasteiger partial charge in [-0.25, -0.2) is 0 Å². The summed E-state index contributed by atoms with van der Waals surface area (Å²) in [6, 6.07) is -0.540. The van der Waals surface area contributed by atoms with Crippen LogP contribution in [0.5, 0.6) is 0 Å². The molecule has 0 saturated heterocycles. The molecule has 6 nitrogen and oxygen atoms in total. The van der Waals surface area contributed by atoms with Crippen molar-refractivity contribution in [1.82, 2.24) is 5.32 Å². The fourth-order valence-electron chi connectivity index (χ4n) is 11.0. The number of esters is 1. The van der Waals surface area contributed by atoms with Gasteiger partial charge in [-0.3, -0.25) is 9.59 Å². The van der Waals surface area contributed by atoms with Gasteiger partial charge in [0.1, 0.15) is 0 Å². The fourth-order valence-corrected chi connectivity index (χ4v) is 11.0. The van der Waals surface area contributed by atoms with Crippen molar-refractivity contribution in [2.75, 3.05) is 13.2 Å². The van der Waals surface area contributed by atoms with E-state index in [1.807, 2.05) is 0 Å². The Balaban J connectivity index is 3.35. The summed E-state index contributed by atoms with van der Waals surface area (Å²) < 4.78 is 5.50. The molecule has 0 heterocycles. The first kappa shape index (κ1) is 76.1. The van der Waals surface area contributed by atoms with Crippen LogP contribution in [0.1, 0.15) is 386 Å². The molecule has 0 aromatic rings. The average Bonchev–Trinajstić information content (AvgIpc) is 3.44. The highest BCUT2D eigenvalue weighted by atomic mass is 16.5. The van der Waals surface area contributed by atoms with Gasteiger partial charge in [0.15, 0.2) is 0 Å². The van der Waals surface area contributed by atoms with E-state index < -0.39 is 12.1 Å². The van der Waals surface area contributed by atoms with Gasteiger partial charge in [-0.1, -0.05) is 326 Å².